The monoisotopic (exact) mass is 361 g/mol. The average Bonchev–Trinajstić information content (AvgIpc) is 2.60. The van der Waals surface area contributed by atoms with Crippen molar-refractivity contribution in [3.8, 4) is 17.6 Å². The van der Waals surface area contributed by atoms with Crippen LogP contribution in [0.2, 0.25) is 5.02 Å². The second kappa shape index (κ2) is 7.34. The predicted molar refractivity (Wildman–Crippen MR) is 95.3 cm³/mol. The van der Waals surface area contributed by atoms with Gasteiger partial charge in [-0.3, -0.25) is 0 Å². The molecule has 0 saturated heterocycles. The summed E-state index contributed by atoms with van der Waals surface area (Å²) in [5.41, 5.74) is 3.72. The Bertz CT molecular complexity index is 781. The van der Waals surface area contributed by atoms with Crippen molar-refractivity contribution in [2.75, 3.05) is 12.5 Å². The molecule has 0 saturated carbocycles. The number of halogens is 2. The molecule has 1 unspecified atom stereocenters. The number of phenols is 1. The minimum atomic E-state index is 0.168. The predicted octanol–water partition coefficient (Wildman–Crippen LogP) is 5.00. The van der Waals surface area contributed by atoms with Gasteiger partial charge >= 0.3 is 0 Å². The molecule has 0 amide bonds. The minimum Gasteiger partial charge on any atom is -0.508 e. The Balaban J connectivity index is 2.09. The van der Waals surface area contributed by atoms with Gasteiger partial charge in [-0.2, -0.15) is 5.26 Å². The lowest BCUT2D eigenvalue weighted by atomic mass is 9.77. The van der Waals surface area contributed by atoms with Gasteiger partial charge in [0.15, 0.2) is 5.75 Å². The summed E-state index contributed by atoms with van der Waals surface area (Å²) in [4.78, 5) is 0. The molecular formula is C19H17Cl2NO2. The molecule has 0 aromatic heterocycles. The van der Waals surface area contributed by atoms with Crippen molar-refractivity contribution < 1.29 is 9.84 Å². The van der Waals surface area contributed by atoms with E-state index in [1.165, 1.54) is 0 Å². The molecule has 0 radical (unpaired) electrons. The molecule has 5 heteroatoms. The summed E-state index contributed by atoms with van der Waals surface area (Å²) in [6.45, 7) is 0.316. The lowest BCUT2D eigenvalue weighted by molar-refractivity contribution is 0.341. The standard InChI is InChI=1S/C19H17Cl2NO2/c20-8-9-24-19-17(11-22)15-3-1-2-14(16(15)10-18(19)21)12-4-6-13(23)7-5-12/h4-7,10,14,23H,1-3,8-9H2. The van der Waals surface area contributed by atoms with Crippen LogP contribution in [0.15, 0.2) is 30.3 Å². The Hall–Kier alpha value is -1.89. The zero-order valence-electron chi connectivity index (χ0n) is 13.1. The summed E-state index contributed by atoms with van der Waals surface area (Å²) in [7, 11) is 0. The highest BCUT2D eigenvalue weighted by Gasteiger charge is 2.27. The molecular weight excluding hydrogens is 345 g/mol. The van der Waals surface area contributed by atoms with Gasteiger partial charge in [0.2, 0.25) is 0 Å². The second-order valence-electron chi connectivity index (χ2n) is 5.82. The molecule has 124 valence electrons. The number of nitriles is 1. The van der Waals surface area contributed by atoms with Crippen LogP contribution in [0.5, 0.6) is 11.5 Å². The van der Waals surface area contributed by atoms with Crippen LogP contribution in [-0.4, -0.2) is 17.6 Å². The molecule has 1 aliphatic carbocycles. The Morgan fingerprint density at radius 3 is 2.71 bits per heavy atom. The van der Waals surface area contributed by atoms with Gasteiger partial charge in [-0.05, 0) is 54.2 Å². The lowest BCUT2D eigenvalue weighted by Crippen LogP contribution is -2.14. The largest absolute Gasteiger partial charge is 0.508 e. The maximum absolute atomic E-state index is 9.64. The Kier molecular flexibility index (Phi) is 5.18. The molecule has 0 spiro atoms. The van der Waals surface area contributed by atoms with E-state index in [4.69, 9.17) is 27.9 Å². The number of phenolic OH excluding ortho intramolecular Hbond substituents is 1. The van der Waals surface area contributed by atoms with Gasteiger partial charge in [0.05, 0.1) is 16.5 Å². The van der Waals surface area contributed by atoms with Crippen molar-refractivity contribution in [3.63, 3.8) is 0 Å². The fraction of sp³-hybridized carbons (Fsp3) is 0.316. The molecule has 0 fully saturated rings. The van der Waals surface area contributed by atoms with E-state index >= 15 is 0 Å². The van der Waals surface area contributed by atoms with Crippen molar-refractivity contribution in [1.29, 1.82) is 5.26 Å². The molecule has 0 heterocycles. The first-order valence-electron chi connectivity index (χ1n) is 7.88. The smallest absolute Gasteiger partial charge is 0.155 e. The SMILES string of the molecule is N#Cc1c2c(cc(Cl)c1OCCCl)C(c1ccc(O)cc1)CCC2. The lowest BCUT2D eigenvalue weighted by Gasteiger charge is -2.28. The quantitative estimate of drug-likeness (QED) is 0.779. The third-order valence-electron chi connectivity index (χ3n) is 4.40. The number of hydrogen-bond donors (Lipinski definition) is 1. The number of alkyl halides is 1. The van der Waals surface area contributed by atoms with Crippen LogP contribution < -0.4 is 4.74 Å². The summed E-state index contributed by atoms with van der Waals surface area (Å²) in [6, 6.07) is 11.4. The number of nitrogens with zero attached hydrogens (tertiary/aromatic N) is 1. The Labute approximate surface area is 151 Å². The molecule has 1 aliphatic rings. The van der Waals surface area contributed by atoms with Gasteiger partial charge in [-0.15, -0.1) is 11.6 Å². The summed E-state index contributed by atoms with van der Waals surface area (Å²) in [5, 5.41) is 19.6. The fourth-order valence-corrected chi connectivity index (χ4v) is 3.71. The van der Waals surface area contributed by atoms with Gasteiger partial charge in [0, 0.05) is 5.92 Å². The highest BCUT2D eigenvalue weighted by Crippen LogP contribution is 2.43. The number of aromatic hydroxyl groups is 1. The summed E-state index contributed by atoms with van der Waals surface area (Å²) in [5.74, 6) is 1.19. The van der Waals surface area contributed by atoms with E-state index in [9.17, 15) is 10.4 Å². The van der Waals surface area contributed by atoms with Crippen molar-refractivity contribution in [2.45, 2.75) is 25.2 Å². The van der Waals surface area contributed by atoms with E-state index < -0.39 is 0 Å². The first-order valence-corrected chi connectivity index (χ1v) is 8.80. The van der Waals surface area contributed by atoms with Crippen LogP contribution in [0.4, 0.5) is 0 Å². The van der Waals surface area contributed by atoms with Crippen LogP contribution in [0.25, 0.3) is 0 Å². The van der Waals surface area contributed by atoms with E-state index in [1.807, 2.05) is 18.2 Å². The summed E-state index contributed by atoms with van der Waals surface area (Å²) in [6.07, 6.45) is 2.81. The van der Waals surface area contributed by atoms with Gasteiger partial charge < -0.3 is 9.84 Å². The third kappa shape index (κ3) is 3.17. The van der Waals surface area contributed by atoms with Crippen LogP contribution in [0, 0.1) is 11.3 Å². The highest BCUT2D eigenvalue weighted by molar-refractivity contribution is 6.32. The summed E-state index contributed by atoms with van der Waals surface area (Å²) >= 11 is 12.1. The van der Waals surface area contributed by atoms with E-state index in [2.05, 4.69) is 6.07 Å². The van der Waals surface area contributed by atoms with Gasteiger partial charge in [0.1, 0.15) is 18.4 Å². The molecule has 24 heavy (non-hydrogen) atoms. The normalized spacial score (nSPS) is 16.3. The van der Waals surface area contributed by atoms with Crippen LogP contribution in [0.1, 0.15) is 41.0 Å². The minimum absolute atomic E-state index is 0.168. The van der Waals surface area contributed by atoms with E-state index in [-0.39, 0.29) is 11.7 Å². The zero-order valence-corrected chi connectivity index (χ0v) is 14.6. The van der Waals surface area contributed by atoms with E-state index in [1.54, 1.807) is 12.1 Å². The topological polar surface area (TPSA) is 53.2 Å². The highest BCUT2D eigenvalue weighted by atomic mass is 35.5. The third-order valence-corrected chi connectivity index (χ3v) is 4.84. The second-order valence-corrected chi connectivity index (χ2v) is 6.60. The van der Waals surface area contributed by atoms with Gasteiger partial charge in [-0.1, -0.05) is 23.7 Å². The summed E-state index contributed by atoms with van der Waals surface area (Å²) < 4.78 is 5.61. The number of rotatable bonds is 4. The van der Waals surface area contributed by atoms with Crippen LogP contribution in [0.3, 0.4) is 0 Å². The molecule has 1 atom stereocenters. The average molecular weight is 362 g/mol. The molecule has 2 aromatic carbocycles. The van der Waals surface area contributed by atoms with Gasteiger partial charge in [-0.25, -0.2) is 0 Å². The molecule has 3 rings (SSSR count). The van der Waals surface area contributed by atoms with Crippen LogP contribution >= 0.6 is 23.2 Å². The first-order chi connectivity index (χ1) is 11.7. The van der Waals surface area contributed by atoms with Crippen molar-refractivity contribution in [1.82, 2.24) is 0 Å². The number of benzene rings is 2. The fourth-order valence-electron chi connectivity index (χ4n) is 3.36. The Morgan fingerprint density at radius 1 is 1.29 bits per heavy atom. The molecule has 3 nitrogen and oxygen atoms in total. The maximum atomic E-state index is 9.64. The molecule has 0 aliphatic heterocycles. The first kappa shape index (κ1) is 17.0. The number of fused-ring (bicyclic) bond motifs is 1. The zero-order chi connectivity index (χ0) is 17.1. The van der Waals surface area contributed by atoms with E-state index in [0.717, 1.165) is 36.0 Å². The number of ether oxygens (including phenoxy) is 1. The van der Waals surface area contributed by atoms with Gasteiger partial charge in [0.25, 0.3) is 0 Å². The van der Waals surface area contributed by atoms with Crippen molar-refractivity contribution in [3.05, 3.63) is 57.6 Å². The Morgan fingerprint density at radius 2 is 2.04 bits per heavy atom. The van der Waals surface area contributed by atoms with E-state index in [0.29, 0.717) is 28.8 Å². The molecule has 2 aromatic rings. The maximum Gasteiger partial charge on any atom is 0.155 e. The number of hydrogen-bond acceptors (Lipinski definition) is 3. The molecule has 0 bridgehead atoms. The molecule has 1 N–H and O–H groups in total. The van der Waals surface area contributed by atoms with Crippen molar-refractivity contribution in [2.24, 2.45) is 0 Å². The van der Waals surface area contributed by atoms with Crippen LogP contribution in [-0.2, 0) is 6.42 Å². The van der Waals surface area contributed by atoms with Crippen molar-refractivity contribution >= 4 is 23.2 Å².